The zero-order valence-electron chi connectivity index (χ0n) is 9.58. The van der Waals surface area contributed by atoms with Crippen LogP contribution in [0.5, 0.6) is 0 Å². The van der Waals surface area contributed by atoms with Crippen molar-refractivity contribution in [1.29, 1.82) is 0 Å². The molecule has 1 fully saturated rings. The van der Waals surface area contributed by atoms with Crippen LogP contribution in [0.3, 0.4) is 0 Å². The Bertz CT molecular complexity index is 153. The first-order chi connectivity index (χ1) is 6.70. The topological polar surface area (TPSA) is 52.3 Å². The lowest BCUT2D eigenvalue weighted by Crippen LogP contribution is -2.25. The van der Waals surface area contributed by atoms with Gasteiger partial charge in [-0.05, 0) is 25.2 Å². The lowest BCUT2D eigenvalue weighted by atomic mass is 9.89. The first-order valence-electron chi connectivity index (χ1n) is 5.57. The number of nitrogens with two attached hydrogens (primary N) is 1. The molecule has 0 saturated carbocycles. The summed E-state index contributed by atoms with van der Waals surface area (Å²) in [7, 11) is 0. The van der Waals surface area contributed by atoms with E-state index in [1.54, 1.807) is 0 Å². The first-order valence-corrected chi connectivity index (χ1v) is 5.57. The van der Waals surface area contributed by atoms with Crippen LogP contribution < -0.4 is 5.73 Å². The Morgan fingerprint density at radius 3 is 2.36 bits per heavy atom. The molecule has 1 rings (SSSR count). The van der Waals surface area contributed by atoms with Gasteiger partial charge < -0.3 is 10.5 Å². The molecule has 1 atom stereocenters. The van der Waals surface area contributed by atoms with Gasteiger partial charge in [0.1, 0.15) is 0 Å². The molecule has 84 valence electrons. The zero-order valence-corrected chi connectivity index (χ0v) is 9.58. The van der Waals surface area contributed by atoms with Crippen LogP contribution in [0.2, 0.25) is 0 Å². The van der Waals surface area contributed by atoms with E-state index in [2.05, 4.69) is 0 Å². The van der Waals surface area contributed by atoms with Crippen molar-refractivity contribution in [2.24, 2.45) is 17.6 Å². The number of amides is 1. The molecule has 14 heavy (non-hydrogen) atoms. The van der Waals surface area contributed by atoms with Crippen molar-refractivity contribution in [2.45, 2.75) is 40.0 Å². The quantitative estimate of drug-likeness (QED) is 0.758. The molecule has 3 nitrogen and oxygen atoms in total. The van der Waals surface area contributed by atoms with Gasteiger partial charge in [0.05, 0.1) is 0 Å². The average Bonchev–Trinajstić information content (AvgIpc) is 2.22. The third-order valence-electron chi connectivity index (χ3n) is 2.51. The average molecular weight is 201 g/mol. The van der Waals surface area contributed by atoms with Gasteiger partial charge in [0, 0.05) is 19.1 Å². The molecule has 0 radical (unpaired) electrons. The fraction of sp³-hybridized carbons (Fsp3) is 0.909. The van der Waals surface area contributed by atoms with Crippen LogP contribution in [0.15, 0.2) is 0 Å². The maximum absolute atomic E-state index is 10.8. The van der Waals surface area contributed by atoms with Crippen LogP contribution in [-0.2, 0) is 9.53 Å². The number of hydrogen-bond acceptors (Lipinski definition) is 2. The molecule has 0 aliphatic carbocycles. The molecule has 0 spiro atoms. The molecule has 1 aliphatic rings. The minimum absolute atomic E-state index is 0.0214. The Kier molecular flexibility index (Phi) is 7.48. The van der Waals surface area contributed by atoms with Crippen molar-refractivity contribution in [3.63, 3.8) is 0 Å². The van der Waals surface area contributed by atoms with E-state index in [0.29, 0.717) is 5.92 Å². The third kappa shape index (κ3) is 5.22. The lowest BCUT2D eigenvalue weighted by molar-refractivity contribution is -0.122. The number of rotatable bonds is 3. The fourth-order valence-corrected chi connectivity index (χ4v) is 1.60. The molecule has 1 saturated heterocycles. The summed E-state index contributed by atoms with van der Waals surface area (Å²) in [6, 6.07) is 0. The number of hydrogen-bond donors (Lipinski definition) is 1. The molecule has 1 unspecified atom stereocenters. The van der Waals surface area contributed by atoms with E-state index in [1.165, 1.54) is 0 Å². The molecule has 0 aromatic heterocycles. The van der Waals surface area contributed by atoms with E-state index in [1.807, 2.05) is 20.8 Å². The van der Waals surface area contributed by atoms with Gasteiger partial charge in [-0.15, -0.1) is 0 Å². The predicted molar refractivity (Wildman–Crippen MR) is 57.9 cm³/mol. The van der Waals surface area contributed by atoms with Crippen LogP contribution in [0.1, 0.15) is 40.0 Å². The fourth-order valence-electron chi connectivity index (χ4n) is 1.60. The Morgan fingerprint density at radius 2 is 1.93 bits per heavy atom. The van der Waals surface area contributed by atoms with Gasteiger partial charge in [-0.3, -0.25) is 4.79 Å². The van der Waals surface area contributed by atoms with Gasteiger partial charge in [-0.1, -0.05) is 20.8 Å². The second-order valence-corrected chi connectivity index (χ2v) is 3.59. The Morgan fingerprint density at radius 1 is 1.43 bits per heavy atom. The maximum Gasteiger partial charge on any atom is 0.220 e. The maximum atomic E-state index is 10.8. The van der Waals surface area contributed by atoms with Crippen molar-refractivity contribution >= 4 is 5.91 Å². The van der Waals surface area contributed by atoms with E-state index in [9.17, 15) is 4.79 Å². The van der Waals surface area contributed by atoms with Crippen molar-refractivity contribution < 1.29 is 9.53 Å². The highest BCUT2D eigenvalue weighted by Crippen LogP contribution is 2.22. The molecule has 1 heterocycles. The molecule has 3 heteroatoms. The third-order valence-corrected chi connectivity index (χ3v) is 2.51. The van der Waals surface area contributed by atoms with Crippen LogP contribution in [0, 0.1) is 11.8 Å². The minimum atomic E-state index is -0.179. The zero-order chi connectivity index (χ0) is 11.0. The summed E-state index contributed by atoms with van der Waals surface area (Å²) in [5, 5.41) is 0. The van der Waals surface area contributed by atoms with Crippen LogP contribution in [-0.4, -0.2) is 19.1 Å². The van der Waals surface area contributed by atoms with Crippen molar-refractivity contribution in [3.05, 3.63) is 0 Å². The number of ether oxygens (including phenoxy) is 1. The normalized spacial score (nSPS) is 19.4. The van der Waals surface area contributed by atoms with Gasteiger partial charge in [-0.2, -0.15) is 0 Å². The number of carbonyl (C=O) groups is 1. The van der Waals surface area contributed by atoms with E-state index in [4.69, 9.17) is 10.5 Å². The van der Waals surface area contributed by atoms with Crippen molar-refractivity contribution in [3.8, 4) is 0 Å². The summed E-state index contributed by atoms with van der Waals surface area (Å²) < 4.78 is 5.23. The number of carbonyl (C=O) groups excluding carboxylic acids is 1. The van der Waals surface area contributed by atoms with Gasteiger partial charge in [0.2, 0.25) is 5.91 Å². The number of primary amides is 1. The largest absolute Gasteiger partial charge is 0.381 e. The first kappa shape index (κ1) is 13.4. The van der Waals surface area contributed by atoms with E-state index < -0.39 is 0 Å². The van der Waals surface area contributed by atoms with Gasteiger partial charge in [0.25, 0.3) is 0 Å². The second kappa shape index (κ2) is 7.80. The molecule has 0 aromatic carbocycles. The molecule has 0 bridgehead atoms. The van der Waals surface area contributed by atoms with E-state index in [0.717, 1.165) is 32.5 Å². The van der Waals surface area contributed by atoms with Crippen LogP contribution in [0.25, 0.3) is 0 Å². The molecule has 2 N–H and O–H groups in total. The Balaban J connectivity index is 0.000000791. The highest BCUT2D eigenvalue weighted by atomic mass is 16.5. The summed E-state index contributed by atoms with van der Waals surface area (Å²) in [6.07, 6.45) is 3.09. The highest BCUT2D eigenvalue weighted by Gasteiger charge is 2.19. The minimum Gasteiger partial charge on any atom is -0.381 e. The van der Waals surface area contributed by atoms with E-state index in [-0.39, 0.29) is 11.8 Å². The summed E-state index contributed by atoms with van der Waals surface area (Å²) >= 11 is 0. The Hall–Kier alpha value is -0.570. The molecular formula is C11H23NO2. The summed E-state index contributed by atoms with van der Waals surface area (Å²) in [5.74, 6) is 0.482. The smallest absolute Gasteiger partial charge is 0.220 e. The van der Waals surface area contributed by atoms with Gasteiger partial charge in [0.15, 0.2) is 0 Å². The van der Waals surface area contributed by atoms with Crippen molar-refractivity contribution in [2.75, 3.05) is 13.2 Å². The second-order valence-electron chi connectivity index (χ2n) is 3.59. The van der Waals surface area contributed by atoms with Crippen LogP contribution >= 0.6 is 0 Å². The summed E-state index contributed by atoms with van der Waals surface area (Å²) in [5.41, 5.74) is 5.18. The molecule has 1 aliphatic heterocycles. The van der Waals surface area contributed by atoms with Gasteiger partial charge >= 0.3 is 0 Å². The van der Waals surface area contributed by atoms with E-state index >= 15 is 0 Å². The predicted octanol–water partition coefficient (Wildman–Crippen LogP) is 1.95. The SMILES string of the molecule is CC.CC(CC1CCOCC1)C(N)=O. The lowest BCUT2D eigenvalue weighted by Gasteiger charge is -2.23. The van der Waals surface area contributed by atoms with Crippen LogP contribution in [0.4, 0.5) is 0 Å². The molecule has 1 amide bonds. The standard InChI is InChI=1S/C9H17NO2.C2H6/c1-7(9(10)11)6-8-2-4-12-5-3-8;1-2/h7-8H,2-6H2,1H3,(H2,10,11);1-2H3. The summed E-state index contributed by atoms with van der Waals surface area (Å²) in [4.78, 5) is 10.8. The molecule has 0 aromatic rings. The van der Waals surface area contributed by atoms with Gasteiger partial charge in [-0.25, -0.2) is 0 Å². The summed E-state index contributed by atoms with van der Waals surface area (Å²) in [6.45, 7) is 7.59. The molecular weight excluding hydrogens is 178 g/mol. The Labute approximate surface area is 87.0 Å². The highest BCUT2D eigenvalue weighted by molar-refractivity contribution is 5.76. The monoisotopic (exact) mass is 201 g/mol. The van der Waals surface area contributed by atoms with Crippen molar-refractivity contribution in [1.82, 2.24) is 0 Å².